The molecule has 0 spiro atoms. The molecule has 0 aromatic heterocycles. The first-order valence-electron chi connectivity index (χ1n) is 7.92. The first kappa shape index (κ1) is 18.5. The topological polar surface area (TPSA) is 47.6 Å². The molecule has 0 radical (unpaired) electrons. The molecule has 0 saturated heterocycles. The molecule has 1 N–H and O–H groups in total. The maximum Gasteiger partial charge on any atom is 0.256 e. The van der Waals surface area contributed by atoms with Crippen molar-refractivity contribution >= 4 is 11.6 Å². The Labute approximate surface area is 134 Å². The number of benzene rings is 1. The van der Waals surface area contributed by atoms with E-state index in [0.29, 0.717) is 18.9 Å². The molecule has 0 aliphatic carbocycles. The average molecular weight is 307 g/mol. The van der Waals surface area contributed by atoms with Crippen LogP contribution in [0.15, 0.2) is 18.2 Å². The molecule has 0 heterocycles. The van der Waals surface area contributed by atoms with Crippen molar-refractivity contribution in [1.29, 1.82) is 0 Å². The van der Waals surface area contributed by atoms with Gasteiger partial charge in [-0.15, -0.1) is 0 Å². The molecule has 4 nitrogen and oxygen atoms in total. The van der Waals surface area contributed by atoms with Crippen LogP contribution in [0.3, 0.4) is 0 Å². The predicted octanol–water partition coefficient (Wildman–Crippen LogP) is 4.17. The fourth-order valence-corrected chi connectivity index (χ4v) is 2.41. The number of carbonyl (C=O) groups is 1. The highest BCUT2D eigenvalue weighted by molar-refractivity contribution is 5.97. The monoisotopic (exact) mass is 307 g/mol. The van der Waals surface area contributed by atoms with Gasteiger partial charge < -0.3 is 14.8 Å². The summed E-state index contributed by atoms with van der Waals surface area (Å²) in [5, 5.41) is 2.94. The minimum absolute atomic E-state index is 0.120. The Morgan fingerprint density at radius 3 is 2.55 bits per heavy atom. The molecule has 0 aliphatic heterocycles. The molecule has 0 saturated carbocycles. The summed E-state index contributed by atoms with van der Waals surface area (Å²) >= 11 is 0. The van der Waals surface area contributed by atoms with Crippen LogP contribution in [0.5, 0.6) is 5.75 Å². The maximum absolute atomic E-state index is 12.5. The lowest BCUT2D eigenvalue weighted by molar-refractivity contribution is -0.137. The maximum atomic E-state index is 12.5. The molecule has 22 heavy (non-hydrogen) atoms. The van der Waals surface area contributed by atoms with Crippen molar-refractivity contribution in [3.63, 3.8) is 0 Å². The molecule has 124 valence electrons. The van der Waals surface area contributed by atoms with E-state index in [4.69, 9.17) is 9.47 Å². The largest absolute Gasteiger partial charge is 0.493 e. The van der Waals surface area contributed by atoms with E-state index < -0.39 is 5.60 Å². The third kappa shape index (κ3) is 5.02. The second-order valence-corrected chi connectivity index (χ2v) is 6.32. The number of amides is 1. The van der Waals surface area contributed by atoms with Crippen molar-refractivity contribution in [2.75, 3.05) is 19.0 Å². The van der Waals surface area contributed by atoms with Gasteiger partial charge in [-0.25, -0.2) is 0 Å². The van der Waals surface area contributed by atoms with Crippen LogP contribution in [0.1, 0.15) is 46.1 Å². The Bertz CT molecular complexity index is 499. The molecule has 1 aromatic rings. The van der Waals surface area contributed by atoms with Crippen molar-refractivity contribution in [3.8, 4) is 5.75 Å². The number of methoxy groups -OCH3 is 1. The Morgan fingerprint density at radius 1 is 1.36 bits per heavy atom. The number of anilines is 1. The van der Waals surface area contributed by atoms with Gasteiger partial charge in [0.2, 0.25) is 0 Å². The standard InChI is InChI=1S/C18H29NO3/c1-7-10-22-16-9-8-15(11-14(16)4)19-17(20)18(5,21-6)12-13(2)3/h8-9,11,13H,7,10,12H2,1-6H3,(H,19,20)/t18-/m1/s1. The van der Waals surface area contributed by atoms with E-state index >= 15 is 0 Å². The molecular weight excluding hydrogens is 278 g/mol. The molecule has 1 aromatic carbocycles. The van der Waals surface area contributed by atoms with Crippen LogP contribution >= 0.6 is 0 Å². The normalized spacial score (nSPS) is 13.8. The minimum atomic E-state index is -0.820. The van der Waals surface area contributed by atoms with Gasteiger partial charge in [0.25, 0.3) is 5.91 Å². The Kier molecular flexibility index (Phi) is 6.88. The van der Waals surface area contributed by atoms with E-state index in [2.05, 4.69) is 26.1 Å². The van der Waals surface area contributed by atoms with E-state index in [9.17, 15) is 4.79 Å². The van der Waals surface area contributed by atoms with Crippen LogP contribution in [-0.2, 0) is 9.53 Å². The van der Waals surface area contributed by atoms with Crippen molar-refractivity contribution < 1.29 is 14.3 Å². The molecule has 0 bridgehead atoms. The fraction of sp³-hybridized carbons (Fsp3) is 0.611. The third-order valence-electron chi connectivity index (χ3n) is 3.62. The summed E-state index contributed by atoms with van der Waals surface area (Å²) in [5.74, 6) is 1.11. The number of ether oxygens (including phenoxy) is 2. The highest BCUT2D eigenvalue weighted by atomic mass is 16.5. The minimum Gasteiger partial charge on any atom is -0.493 e. The highest BCUT2D eigenvalue weighted by Gasteiger charge is 2.33. The molecule has 1 rings (SSSR count). The lowest BCUT2D eigenvalue weighted by Crippen LogP contribution is -2.43. The molecule has 0 fully saturated rings. The van der Waals surface area contributed by atoms with E-state index in [0.717, 1.165) is 23.4 Å². The van der Waals surface area contributed by atoms with Gasteiger partial charge >= 0.3 is 0 Å². The summed E-state index contributed by atoms with van der Waals surface area (Å²) < 4.78 is 11.1. The molecule has 1 amide bonds. The smallest absolute Gasteiger partial charge is 0.256 e. The van der Waals surface area contributed by atoms with E-state index in [1.807, 2.05) is 32.0 Å². The van der Waals surface area contributed by atoms with E-state index in [1.165, 1.54) is 0 Å². The molecule has 1 atom stereocenters. The summed E-state index contributed by atoms with van der Waals surface area (Å²) in [6.45, 7) is 10.7. The first-order valence-corrected chi connectivity index (χ1v) is 7.92. The summed E-state index contributed by atoms with van der Waals surface area (Å²) in [7, 11) is 1.58. The second kappa shape index (κ2) is 8.18. The van der Waals surface area contributed by atoms with Crippen molar-refractivity contribution in [2.24, 2.45) is 5.92 Å². The van der Waals surface area contributed by atoms with Crippen LogP contribution in [0.4, 0.5) is 5.69 Å². The van der Waals surface area contributed by atoms with Crippen molar-refractivity contribution in [1.82, 2.24) is 0 Å². The summed E-state index contributed by atoms with van der Waals surface area (Å²) in [6, 6.07) is 5.68. The van der Waals surface area contributed by atoms with Gasteiger partial charge in [-0.05, 0) is 56.4 Å². The summed E-state index contributed by atoms with van der Waals surface area (Å²) in [4.78, 5) is 12.5. The summed E-state index contributed by atoms with van der Waals surface area (Å²) in [5.41, 5.74) is 0.951. The summed E-state index contributed by atoms with van der Waals surface area (Å²) in [6.07, 6.45) is 1.64. The molecular formula is C18H29NO3. The molecule has 0 aliphatic rings. The van der Waals surface area contributed by atoms with Gasteiger partial charge in [0.1, 0.15) is 11.4 Å². The lowest BCUT2D eigenvalue weighted by Gasteiger charge is -2.28. The lowest BCUT2D eigenvalue weighted by atomic mass is 9.93. The second-order valence-electron chi connectivity index (χ2n) is 6.32. The molecule has 0 unspecified atom stereocenters. The zero-order valence-electron chi connectivity index (χ0n) is 14.7. The quantitative estimate of drug-likeness (QED) is 0.784. The van der Waals surface area contributed by atoms with Crippen LogP contribution < -0.4 is 10.1 Å². The van der Waals surface area contributed by atoms with Crippen LogP contribution in [0.25, 0.3) is 0 Å². The number of nitrogens with one attached hydrogen (secondary N) is 1. The van der Waals surface area contributed by atoms with Gasteiger partial charge in [-0.2, -0.15) is 0 Å². The predicted molar refractivity (Wildman–Crippen MR) is 90.5 cm³/mol. The zero-order chi connectivity index (χ0) is 16.8. The van der Waals surface area contributed by atoms with Crippen molar-refractivity contribution in [2.45, 2.75) is 53.1 Å². The van der Waals surface area contributed by atoms with E-state index in [-0.39, 0.29) is 5.91 Å². The first-order chi connectivity index (χ1) is 10.3. The SMILES string of the molecule is CCCOc1ccc(NC(=O)[C@@](C)(CC(C)C)OC)cc1C. The number of rotatable bonds is 8. The van der Waals surface area contributed by atoms with Gasteiger partial charge in [-0.1, -0.05) is 20.8 Å². The fourth-order valence-electron chi connectivity index (χ4n) is 2.41. The van der Waals surface area contributed by atoms with E-state index in [1.54, 1.807) is 7.11 Å². The number of aryl methyl sites for hydroxylation is 1. The van der Waals surface area contributed by atoms with Gasteiger partial charge in [0.05, 0.1) is 6.61 Å². The van der Waals surface area contributed by atoms with Crippen LogP contribution in [0.2, 0.25) is 0 Å². The number of carbonyl (C=O) groups excluding carboxylic acids is 1. The number of hydrogen-bond acceptors (Lipinski definition) is 3. The third-order valence-corrected chi connectivity index (χ3v) is 3.62. The van der Waals surface area contributed by atoms with Gasteiger partial charge in [0, 0.05) is 12.8 Å². The number of hydrogen-bond donors (Lipinski definition) is 1. The Hall–Kier alpha value is -1.55. The average Bonchev–Trinajstić information content (AvgIpc) is 2.45. The molecule has 4 heteroatoms. The Morgan fingerprint density at radius 2 is 2.05 bits per heavy atom. The highest BCUT2D eigenvalue weighted by Crippen LogP contribution is 2.25. The zero-order valence-corrected chi connectivity index (χ0v) is 14.7. The van der Waals surface area contributed by atoms with Crippen LogP contribution in [0, 0.1) is 12.8 Å². The van der Waals surface area contributed by atoms with Gasteiger partial charge in [0.15, 0.2) is 0 Å². The van der Waals surface area contributed by atoms with Crippen LogP contribution in [-0.4, -0.2) is 25.2 Å². The van der Waals surface area contributed by atoms with Gasteiger partial charge in [-0.3, -0.25) is 4.79 Å². The Balaban J connectivity index is 2.81. The van der Waals surface area contributed by atoms with Crippen molar-refractivity contribution in [3.05, 3.63) is 23.8 Å².